The van der Waals surface area contributed by atoms with Crippen molar-refractivity contribution in [3.63, 3.8) is 0 Å². The Morgan fingerprint density at radius 1 is 0.957 bits per heavy atom. The van der Waals surface area contributed by atoms with Crippen LogP contribution in [0.25, 0.3) is 0 Å². The van der Waals surface area contributed by atoms with Crippen LogP contribution in [0.1, 0.15) is 30.4 Å². The number of benzene rings is 2. The highest BCUT2D eigenvalue weighted by Gasteiger charge is 2.27. The molecule has 2 rings (SSSR count). The molecule has 0 aliphatic rings. The van der Waals surface area contributed by atoms with Gasteiger partial charge in [0.25, 0.3) is 0 Å². The molecule has 1 atom stereocenters. The van der Waals surface area contributed by atoms with Gasteiger partial charge in [-0.05, 0) is 17.5 Å². The molecule has 1 N–H and O–H groups in total. The van der Waals surface area contributed by atoms with E-state index in [0.717, 1.165) is 11.1 Å². The molecule has 1 amide bonds. The number of esters is 1. The largest absolute Gasteiger partial charge is 0.467 e. The van der Waals surface area contributed by atoms with Crippen LogP contribution < -0.4 is 5.32 Å². The number of rotatable bonds is 6. The third-order valence-corrected chi connectivity index (χ3v) is 3.74. The zero-order chi connectivity index (χ0) is 16.7. The van der Waals surface area contributed by atoms with Crippen molar-refractivity contribution >= 4 is 11.9 Å². The van der Waals surface area contributed by atoms with E-state index in [0.29, 0.717) is 6.42 Å². The maximum Gasteiger partial charge on any atom is 0.328 e. The van der Waals surface area contributed by atoms with Gasteiger partial charge in [-0.3, -0.25) is 4.79 Å². The van der Waals surface area contributed by atoms with Gasteiger partial charge < -0.3 is 10.1 Å². The molecule has 0 unspecified atom stereocenters. The van der Waals surface area contributed by atoms with Gasteiger partial charge >= 0.3 is 5.97 Å². The Labute approximate surface area is 136 Å². The minimum Gasteiger partial charge on any atom is -0.467 e. The van der Waals surface area contributed by atoms with Crippen LogP contribution in [-0.4, -0.2) is 25.0 Å². The van der Waals surface area contributed by atoms with Crippen LogP contribution in [0.15, 0.2) is 60.7 Å². The zero-order valence-electron chi connectivity index (χ0n) is 13.4. The van der Waals surface area contributed by atoms with Crippen LogP contribution in [0, 0.1) is 0 Å². The third kappa shape index (κ3) is 4.19. The smallest absolute Gasteiger partial charge is 0.328 e. The van der Waals surface area contributed by atoms with Crippen LogP contribution in [0.3, 0.4) is 0 Å². The molecule has 0 saturated carbocycles. The van der Waals surface area contributed by atoms with Crippen molar-refractivity contribution in [1.82, 2.24) is 5.32 Å². The van der Waals surface area contributed by atoms with E-state index in [1.165, 1.54) is 7.11 Å². The fourth-order valence-corrected chi connectivity index (χ4v) is 2.51. The van der Waals surface area contributed by atoms with Gasteiger partial charge in [0.1, 0.15) is 6.04 Å². The van der Waals surface area contributed by atoms with E-state index in [1.807, 2.05) is 67.6 Å². The van der Waals surface area contributed by atoms with Crippen LogP contribution in [0.4, 0.5) is 0 Å². The Balaban J connectivity index is 2.31. The Kier molecular flexibility index (Phi) is 5.92. The molecule has 0 bridgehead atoms. The molecule has 0 radical (unpaired) electrons. The SMILES string of the molecule is CC[C@@H](NC(=O)C(c1ccccc1)c1ccccc1)C(=O)OC. The lowest BCUT2D eigenvalue weighted by Gasteiger charge is -2.21. The average Bonchev–Trinajstić information content (AvgIpc) is 2.61. The van der Waals surface area contributed by atoms with Gasteiger partial charge in [0.05, 0.1) is 13.0 Å². The number of methoxy groups -OCH3 is 1. The monoisotopic (exact) mass is 311 g/mol. The minimum atomic E-state index is -0.637. The number of ether oxygens (including phenoxy) is 1. The predicted octanol–water partition coefficient (Wildman–Crippen LogP) is 2.89. The molecule has 0 fully saturated rings. The summed E-state index contributed by atoms with van der Waals surface area (Å²) in [4.78, 5) is 24.6. The molecule has 0 heterocycles. The summed E-state index contributed by atoms with van der Waals surface area (Å²) in [5, 5.41) is 2.80. The number of hydrogen-bond donors (Lipinski definition) is 1. The van der Waals surface area contributed by atoms with E-state index in [-0.39, 0.29) is 5.91 Å². The van der Waals surface area contributed by atoms with E-state index in [9.17, 15) is 9.59 Å². The van der Waals surface area contributed by atoms with Gasteiger partial charge in [-0.2, -0.15) is 0 Å². The van der Waals surface area contributed by atoms with Gasteiger partial charge in [-0.15, -0.1) is 0 Å². The van der Waals surface area contributed by atoms with Gasteiger partial charge in [0.15, 0.2) is 0 Å². The van der Waals surface area contributed by atoms with Gasteiger partial charge in [0.2, 0.25) is 5.91 Å². The molecule has 120 valence electrons. The number of carbonyl (C=O) groups excluding carboxylic acids is 2. The van der Waals surface area contributed by atoms with Crippen LogP contribution >= 0.6 is 0 Å². The van der Waals surface area contributed by atoms with E-state index >= 15 is 0 Å². The summed E-state index contributed by atoms with van der Waals surface area (Å²) in [6.45, 7) is 1.84. The van der Waals surface area contributed by atoms with E-state index in [2.05, 4.69) is 5.32 Å². The zero-order valence-corrected chi connectivity index (χ0v) is 13.4. The standard InChI is InChI=1S/C19H21NO3/c1-3-16(19(22)23-2)20-18(21)17(14-10-6-4-7-11-14)15-12-8-5-9-13-15/h4-13,16-17H,3H2,1-2H3,(H,20,21)/t16-/m1/s1. The Morgan fingerprint density at radius 3 is 1.83 bits per heavy atom. The summed E-state index contributed by atoms with van der Waals surface area (Å²) in [6.07, 6.45) is 0.481. The second-order valence-corrected chi connectivity index (χ2v) is 5.25. The van der Waals surface area contributed by atoms with E-state index in [1.54, 1.807) is 0 Å². The summed E-state index contributed by atoms with van der Waals surface area (Å²) >= 11 is 0. The molecule has 0 spiro atoms. The molecule has 2 aromatic rings. The maximum absolute atomic E-state index is 12.8. The van der Waals surface area contributed by atoms with Gasteiger partial charge in [-0.1, -0.05) is 67.6 Å². The lowest BCUT2D eigenvalue weighted by molar-refractivity contribution is -0.145. The maximum atomic E-state index is 12.8. The summed E-state index contributed by atoms with van der Waals surface area (Å²) in [7, 11) is 1.32. The fraction of sp³-hybridized carbons (Fsp3) is 0.263. The van der Waals surface area contributed by atoms with E-state index in [4.69, 9.17) is 4.74 Å². The third-order valence-electron chi connectivity index (χ3n) is 3.74. The normalized spacial score (nSPS) is 11.8. The first-order valence-corrected chi connectivity index (χ1v) is 7.65. The number of hydrogen-bond acceptors (Lipinski definition) is 3. The Morgan fingerprint density at radius 2 is 1.43 bits per heavy atom. The lowest BCUT2D eigenvalue weighted by atomic mass is 9.90. The van der Waals surface area contributed by atoms with Crippen molar-refractivity contribution in [3.05, 3.63) is 71.8 Å². The quantitative estimate of drug-likeness (QED) is 0.835. The fourth-order valence-electron chi connectivity index (χ4n) is 2.51. The second-order valence-electron chi connectivity index (χ2n) is 5.25. The molecule has 0 aromatic heterocycles. The predicted molar refractivity (Wildman–Crippen MR) is 89.0 cm³/mol. The van der Waals surface area contributed by atoms with Gasteiger partial charge in [-0.25, -0.2) is 4.79 Å². The average molecular weight is 311 g/mol. The van der Waals surface area contributed by atoms with Crippen LogP contribution in [0.2, 0.25) is 0 Å². The first-order chi connectivity index (χ1) is 11.2. The van der Waals surface area contributed by atoms with Crippen molar-refractivity contribution in [2.75, 3.05) is 7.11 Å². The first kappa shape index (κ1) is 16.7. The molecule has 0 aliphatic heterocycles. The summed E-state index contributed by atoms with van der Waals surface area (Å²) < 4.78 is 4.74. The summed E-state index contributed by atoms with van der Waals surface area (Å²) in [5.41, 5.74) is 1.77. The molecular formula is C19H21NO3. The first-order valence-electron chi connectivity index (χ1n) is 7.65. The van der Waals surface area contributed by atoms with Crippen molar-refractivity contribution in [3.8, 4) is 0 Å². The molecule has 0 aliphatic carbocycles. The number of carbonyl (C=O) groups is 2. The van der Waals surface area contributed by atoms with Crippen LogP contribution in [-0.2, 0) is 14.3 Å². The molecule has 4 nitrogen and oxygen atoms in total. The second kappa shape index (κ2) is 8.13. The van der Waals surface area contributed by atoms with Crippen molar-refractivity contribution in [1.29, 1.82) is 0 Å². The lowest BCUT2D eigenvalue weighted by Crippen LogP contribution is -2.43. The van der Waals surface area contributed by atoms with Crippen LogP contribution in [0.5, 0.6) is 0 Å². The number of nitrogens with one attached hydrogen (secondary N) is 1. The Bertz CT molecular complexity index is 601. The highest BCUT2D eigenvalue weighted by Crippen LogP contribution is 2.25. The van der Waals surface area contributed by atoms with E-state index < -0.39 is 17.9 Å². The topological polar surface area (TPSA) is 55.4 Å². The molecule has 4 heteroatoms. The van der Waals surface area contributed by atoms with Crippen molar-refractivity contribution < 1.29 is 14.3 Å². The highest BCUT2D eigenvalue weighted by atomic mass is 16.5. The van der Waals surface area contributed by atoms with Gasteiger partial charge in [0, 0.05) is 0 Å². The van der Waals surface area contributed by atoms with Crippen molar-refractivity contribution in [2.24, 2.45) is 0 Å². The highest BCUT2D eigenvalue weighted by molar-refractivity contribution is 5.90. The molecule has 23 heavy (non-hydrogen) atoms. The summed E-state index contributed by atoms with van der Waals surface area (Å²) in [5.74, 6) is -1.10. The minimum absolute atomic E-state index is 0.209. The Hall–Kier alpha value is -2.62. The van der Waals surface area contributed by atoms with Crippen molar-refractivity contribution in [2.45, 2.75) is 25.3 Å². The molecule has 0 saturated heterocycles. The summed E-state index contributed by atoms with van der Waals surface area (Å²) in [6, 6.07) is 18.4. The number of amides is 1. The molecule has 2 aromatic carbocycles. The molecular weight excluding hydrogens is 290 g/mol.